The van der Waals surface area contributed by atoms with Gasteiger partial charge in [-0.05, 0) is 107 Å². The number of nitrogens with zero attached hydrogens (tertiary/aromatic N) is 1. The van der Waals surface area contributed by atoms with Gasteiger partial charge < -0.3 is 4.90 Å². The largest absolute Gasteiger partial charge is 0.309 e. The molecule has 0 amide bonds. The first-order chi connectivity index (χ1) is 27.5. The van der Waals surface area contributed by atoms with E-state index in [0.29, 0.717) is 0 Å². The number of fused-ring (bicyclic) bond motifs is 9. The average Bonchev–Trinajstić information content (AvgIpc) is 3.49. The summed E-state index contributed by atoms with van der Waals surface area (Å²) >= 11 is 0. The lowest BCUT2D eigenvalue weighted by Gasteiger charge is -2.31. The van der Waals surface area contributed by atoms with Crippen LogP contribution in [0, 0.1) is 0 Å². The molecule has 0 fully saturated rings. The zero-order valence-corrected chi connectivity index (χ0v) is 31.5. The van der Waals surface area contributed by atoms with Gasteiger partial charge in [0, 0.05) is 21.9 Å². The summed E-state index contributed by atoms with van der Waals surface area (Å²) in [6.07, 6.45) is 0. The van der Waals surface area contributed by atoms with Crippen molar-refractivity contribution in [2.24, 2.45) is 0 Å². The third-order valence-electron chi connectivity index (χ3n) is 12.2. The Bertz CT molecular complexity index is 3030. The van der Waals surface area contributed by atoms with Crippen LogP contribution < -0.4 is 4.90 Å². The van der Waals surface area contributed by atoms with Crippen LogP contribution in [-0.4, -0.2) is 0 Å². The summed E-state index contributed by atoms with van der Waals surface area (Å²) in [6.45, 7) is 4.79. The van der Waals surface area contributed by atoms with Gasteiger partial charge in [0.15, 0.2) is 0 Å². The molecule has 11 rings (SSSR count). The number of benzene rings is 10. The van der Waals surface area contributed by atoms with Crippen molar-refractivity contribution in [2.75, 3.05) is 4.90 Å². The van der Waals surface area contributed by atoms with Crippen molar-refractivity contribution in [1.29, 1.82) is 0 Å². The minimum absolute atomic E-state index is 0.205. The van der Waals surface area contributed by atoms with Crippen molar-refractivity contribution in [3.63, 3.8) is 0 Å². The smallest absolute Gasteiger partial charge is 0.0546 e. The van der Waals surface area contributed by atoms with Gasteiger partial charge in [-0.15, -0.1) is 0 Å². The maximum Gasteiger partial charge on any atom is 0.0546 e. The normalized spacial score (nSPS) is 13.0. The highest BCUT2D eigenvalue weighted by Crippen LogP contribution is 2.53. The van der Waals surface area contributed by atoms with Crippen LogP contribution in [0.15, 0.2) is 200 Å². The first kappa shape index (κ1) is 32.5. The second-order valence-corrected chi connectivity index (χ2v) is 15.7. The van der Waals surface area contributed by atoms with E-state index < -0.39 is 0 Å². The highest BCUT2D eigenvalue weighted by atomic mass is 15.1. The number of hydrogen-bond acceptors (Lipinski definition) is 1. The van der Waals surface area contributed by atoms with Gasteiger partial charge in [-0.3, -0.25) is 0 Å². The molecule has 0 saturated heterocycles. The number of anilines is 3. The van der Waals surface area contributed by atoms with Gasteiger partial charge in [-0.2, -0.15) is 0 Å². The minimum Gasteiger partial charge on any atom is -0.309 e. The standard InChI is InChI=1S/C55H39N/c1-55(2)51-32-39(38-26-24-37(25-27-38)36-14-4-3-5-15-36)28-30-47(51)48-31-29-42(35-52(48)55)56(53-33-40-16-6-8-18-43(40)45-20-10-12-22-49(45)53)54-34-41-17-7-9-19-44(41)46-21-11-13-23-50(46)54/h3-35H,1-2H3. The lowest BCUT2D eigenvalue weighted by molar-refractivity contribution is 0.660. The summed E-state index contributed by atoms with van der Waals surface area (Å²) in [6, 6.07) is 74.0. The maximum atomic E-state index is 2.53. The molecule has 56 heavy (non-hydrogen) atoms. The quantitative estimate of drug-likeness (QED) is 0.161. The van der Waals surface area contributed by atoms with E-state index in [9.17, 15) is 0 Å². The molecule has 264 valence electrons. The van der Waals surface area contributed by atoms with E-state index in [-0.39, 0.29) is 5.41 Å². The summed E-state index contributed by atoms with van der Waals surface area (Å²) in [5, 5.41) is 9.98. The van der Waals surface area contributed by atoms with E-state index in [1.165, 1.54) is 99.0 Å². The fraction of sp³-hybridized carbons (Fsp3) is 0.0545. The molecule has 1 aliphatic carbocycles. The molecule has 10 aromatic rings. The van der Waals surface area contributed by atoms with Crippen molar-refractivity contribution in [2.45, 2.75) is 19.3 Å². The van der Waals surface area contributed by atoms with E-state index in [1.807, 2.05) is 0 Å². The van der Waals surface area contributed by atoms with Crippen molar-refractivity contribution in [3.05, 3.63) is 211 Å². The van der Waals surface area contributed by atoms with E-state index >= 15 is 0 Å². The summed E-state index contributed by atoms with van der Waals surface area (Å²) in [5.41, 5.74) is 13.6. The molecule has 0 aliphatic heterocycles. The van der Waals surface area contributed by atoms with E-state index in [0.717, 1.165) is 5.69 Å². The molecule has 0 heterocycles. The predicted molar refractivity (Wildman–Crippen MR) is 240 cm³/mol. The fourth-order valence-electron chi connectivity index (χ4n) is 9.38. The van der Waals surface area contributed by atoms with Crippen molar-refractivity contribution in [3.8, 4) is 33.4 Å². The lowest BCUT2D eigenvalue weighted by Crippen LogP contribution is -2.17. The van der Waals surface area contributed by atoms with Crippen molar-refractivity contribution in [1.82, 2.24) is 0 Å². The second-order valence-electron chi connectivity index (χ2n) is 15.7. The van der Waals surface area contributed by atoms with Crippen LogP contribution in [0.3, 0.4) is 0 Å². The van der Waals surface area contributed by atoms with Crippen molar-refractivity contribution < 1.29 is 0 Å². The Kier molecular flexibility index (Phi) is 7.28. The molecule has 1 aliphatic rings. The topological polar surface area (TPSA) is 3.24 Å². The monoisotopic (exact) mass is 713 g/mol. The van der Waals surface area contributed by atoms with Gasteiger partial charge in [0.25, 0.3) is 0 Å². The first-order valence-corrected chi connectivity index (χ1v) is 19.6. The van der Waals surface area contributed by atoms with Crippen LogP contribution >= 0.6 is 0 Å². The molecule has 0 N–H and O–H groups in total. The Balaban J connectivity index is 1.10. The van der Waals surface area contributed by atoms with Gasteiger partial charge in [0.2, 0.25) is 0 Å². The van der Waals surface area contributed by atoms with Gasteiger partial charge in [0.05, 0.1) is 11.4 Å². The van der Waals surface area contributed by atoms with Crippen molar-refractivity contribution >= 4 is 60.2 Å². The predicted octanol–water partition coefficient (Wildman–Crippen LogP) is 15.4. The molecule has 0 aromatic heterocycles. The fourth-order valence-corrected chi connectivity index (χ4v) is 9.38. The average molecular weight is 714 g/mol. The van der Waals surface area contributed by atoms with Crippen LogP contribution in [0.4, 0.5) is 17.1 Å². The maximum absolute atomic E-state index is 2.53. The van der Waals surface area contributed by atoms with E-state index in [4.69, 9.17) is 0 Å². The van der Waals surface area contributed by atoms with Crippen LogP contribution in [0.2, 0.25) is 0 Å². The Hall–Kier alpha value is -6.96. The Morgan fingerprint density at radius 3 is 1.30 bits per heavy atom. The molecule has 0 atom stereocenters. The zero-order chi connectivity index (χ0) is 37.4. The minimum atomic E-state index is -0.205. The Morgan fingerprint density at radius 2 is 0.732 bits per heavy atom. The van der Waals surface area contributed by atoms with Crippen LogP contribution in [0.5, 0.6) is 0 Å². The SMILES string of the molecule is CC1(C)c2cc(-c3ccc(-c4ccccc4)cc3)ccc2-c2ccc(N(c3cc4ccccc4c4ccccc34)c3cc4ccccc4c4ccccc34)cc21. The molecule has 1 heteroatoms. The molecule has 10 aromatic carbocycles. The van der Waals surface area contributed by atoms with E-state index in [1.54, 1.807) is 0 Å². The first-order valence-electron chi connectivity index (χ1n) is 19.6. The highest BCUT2D eigenvalue weighted by Gasteiger charge is 2.36. The molecule has 0 spiro atoms. The molecule has 0 radical (unpaired) electrons. The molecule has 0 bridgehead atoms. The Labute approximate surface area is 327 Å². The molecular formula is C55H39N. The zero-order valence-electron chi connectivity index (χ0n) is 31.5. The second kappa shape index (κ2) is 12.5. The molecule has 0 saturated carbocycles. The summed E-state index contributed by atoms with van der Waals surface area (Å²) in [4.78, 5) is 2.53. The number of rotatable bonds is 5. The molecular weight excluding hydrogens is 675 g/mol. The van der Waals surface area contributed by atoms with Crippen LogP contribution in [0.25, 0.3) is 76.5 Å². The van der Waals surface area contributed by atoms with E-state index in [2.05, 4.69) is 219 Å². The summed E-state index contributed by atoms with van der Waals surface area (Å²) in [7, 11) is 0. The summed E-state index contributed by atoms with van der Waals surface area (Å²) in [5.74, 6) is 0. The third kappa shape index (κ3) is 5.01. The summed E-state index contributed by atoms with van der Waals surface area (Å²) < 4.78 is 0. The van der Waals surface area contributed by atoms with Crippen LogP contribution in [-0.2, 0) is 5.41 Å². The van der Waals surface area contributed by atoms with Gasteiger partial charge >= 0.3 is 0 Å². The molecule has 0 unspecified atom stereocenters. The lowest BCUT2D eigenvalue weighted by atomic mass is 9.81. The molecule has 1 nitrogen and oxygen atoms in total. The van der Waals surface area contributed by atoms with Gasteiger partial charge in [0.1, 0.15) is 0 Å². The highest BCUT2D eigenvalue weighted by molar-refractivity contribution is 6.18. The van der Waals surface area contributed by atoms with Gasteiger partial charge in [-0.1, -0.05) is 184 Å². The van der Waals surface area contributed by atoms with Gasteiger partial charge in [-0.25, -0.2) is 0 Å². The van der Waals surface area contributed by atoms with Crippen LogP contribution in [0.1, 0.15) is 25.0 Å². The number of hydrogen-bond donors (Lipinski definition) is 0. The Morgan fingerprint density at radius 1 is 0.321 bits per heavy atom. The third-order valence-corrected chi connectivity index (χ3v) is 12.2.